The van der Waals surface area contributed by atoms with E-state index in [-0.39, 0.29) is 6.10 Å². The molecule has 1 aliphatic carbocycles. The van der Waals surface area contributed by atoms with Crippen molar-refractivity contribution in [2.45, 2.75) is 39.3 Å². The SMILES string of the molecule is CC(C)OC(=O)Nc1ccc(-c2c(N)c3ccc(N4CCOCC4)cc3n2CC2CC2)cc1. The fourth-order valence-corrected chi connectivity index (χ4v) is 4.52. The minimum absolute atomic E-state index is 0.162. The van der Waals surface area contributed by atoms with Gasteiger partial charge >= 0.3 is 6.09 Å². The Morgan fingerprint density at radius 3 is 2.55 bits per heavy atom. The number of anilines is 3. The summed E-state index contributed by atoms with van der Waals surface area (Å²) in [5.74, 6) is 0.706. The molecule has 1 amide bonds. The summed E-state index contributed by atoms with van der Waals surface area (Å²) in [6.07, 6.45) is 1.92. The third kappa shape index (κ3) is 4.64. The third-order valence-corrected chi connectivity index (χ3v) is 6.35. The fraction of sp³-hybridized carbons (Fsp3) is 0.423. The molecular weight excluding hydrogens is 416 g/mol. The number of amides is 1. The first-order valence-electron chi connectivity index (χ1n) is 11.8. The highest BCUT2D eigenvalue weighted by Crippen LogP contribution is 2.41. The van der Waals surface area contributed by atoms with Gasteiger partial charge in [0.05, 0.1) is 36.2 Å². The van der Waals surface area contributed by atoms with Gasteiger partial charge in [-0.1, -0.05) is 12.1 Å². The van der Waals surface area contributed by atoms with Crippen LogP contribution in [-0.2, 0) is 16.0 Å². The quantitative estimate of drug-likeness (QED) is 0.549. The van der Waals surface area contributed by atoms with Gasteiger partial charge in [0.15, 0.2) is 0 Å². The first-order chi connectivity index (χ1) is 16.0. The number of nitrogens with zero attached hydrogens (tertiary/aromatic N) is 2. The van der Waals surface area contributed by atoms with Crippen LogP contribution < -0.4 is 16.0 Å². The zero-order valence-electron chi connectivity index (χ0n) is 19.3. The van der Waals surface area contributed by atoms with Crippen LogP contribution in [0, 0.1) is 5.92 Å². The first-order valence-corrected chi connectivity index (χ1v) is 11.8. The van der Waals surface area contributed by atoms with E-state index in [0.29, 0.717) is 11.6 Å². The van der Waals surface area contributed by atoms with Gasteiger partial charge in [-0.2, -0.15) is 0 Å². The number of fused-ring (bicyclic) bond motifs is 1. The van der Waals surface area contributed by atoms with Gasteiger partial charge in [0, 0.05) is 42.0 Å². The van der Waals surface area contributed by atoms with Gasteiger partial charge in [-0.05, 0) is 62.9 Å². The van der Waals surface area contributed by atoms with E-state index in [9.17, 15) is 4.79 Å². The van der Waals surface area contributed by atoms with E-state index in [1.807, 2.05) is 38.1 Å². The van der Waals surface area contributed by atoms with Crippen LogP contribution in [-0.4, -0.2) is 43.1 Å². The summed E-state index contributed by atoms with van der Waals surface area (Å²) in [5, 5.41) is 3.87. The second-order valence-electron chi connectivity index (χ2n) is 9.27. The van der Waals surface area contributed by atoms with E-state index in [4.69, 9.17) is 15.2 Å². The highest BCUT2D eigenvalue weighted by Gasteiger charge is 2.26. The smallest absolute Gasteiger partial charge is 0.411 e. The third-order valence-electron chi connectivity index (χ3n) is 6.35. The number of nitrogen functional groups attached to an aromatic ring is 1. The monoisotopic (exact) mass is 448 g/mol. The molecule has 0 unspecified atom stereocenters. The predicted octanol–water partition coefficient (Wildman–Crippen LogP) is 5.09. The van der Waals surface area contributed by atoms with Gasteiger partial charge < -0.3 is 24.7 Å². The molecule has 2 heterocycles. The van der Waals surface area contributed by atoms with Gasteiger partial charge in [0.1, 0.15) is 0 Å². The van der Waals surface area contributed by atoms with Gasteiger partial charge in [-0.3, -0.25) is 5.32 Å². The Balaban J connectivity index is 1.50. The number of carbonyl (C=O) groups is 1. The van der Waals surface area contributed by atoms with Crippen molar-refractivity contribution >= 4 is 34.1 Å². The van der Waals surface area contributed by atoms with E-state index in [0.717, 1.165) is 55.2 Å². The molecule has 0 spiro atoms. The van der Waals surface area contributed by atoms with Crippen molar-refractivity contribution < 1.29 is 14.3 Å². The Morgan fingerprint density at radius 1 is 1.15 bits per heavy atom. The summed E-state index contributed by atoms with van der Waals surface area (Å²) < 4.78 is 13.1. The first kappa shape index (κ1) is 21.6. The lowest BCUT2D eigenvalue weighted by Crippen LogP contribution is -2.36. The highest BCUT2D eigenvalue weighted by atomic mass is 16.6. The Morgan fingerprint density at radius 2 is 1.88 bits per heavy atom. The lowest BCUT2D eigenvalue weighted by atomic mass is 10.1. The van der Waals surface area contributed by atoms with Crippen LogP contribution in [0.2, 0.25) is 0 Å². The van der Waals surface area contributed by atoms with E-state index >= 15 is 0 Å². The molecular formula is C26H32N4O3. The number of hydrogen-bond acceptors (Lipinski definition) is 5. The highest BCUT2D eigenvalue weighted by molar-refractivity contribution is 6.02. The van der Waals surface area contributed by atoms with Crippen LogP contribution in [0.1, 0.15) is 26.7 Å². The molecule has 2 aromatic carbocycles. The van der Waals surface area contributed by atoms with E-state index in [1.54, 1.807) is 0 Å². The van der Waals surface area contributed by atoms with Crippen molar-refractivity contribution in [3.05, 3.63) is 42.5 Å². The number of rotatable bonds is 6. The standard InChI is InChI=1S/C26H32N4O3/c1-17(2)33-26(31)28-20-7-5-19(6-8-20)25-24(27)22-10-9-21(29-11-13-32-14-12-29)15-23(22)30(25)16-18-3-4-18/h5-10,15,17-18H,3-4,11-14,16,27H2,1-2H3,(H,28,31). The lowest BCUT2D eigenvalue weighted by Gasteiger charge is -2.29. The van der Waals surface area contributed by atoms with Crippen molar-refractivity contribution in [2.24, 2.45) is 5.92 Å². The molecule has 3 aromatic rings. The number of morpholine rings is 1. The predicted molar refractivity (Wildman–Crippen MR) is 133 cm³/mol. The number of aromatic nitrogens is 1. The van der Waals surface area contributed by atoms with Crippen LogP contribution in [0.4, 0.5) is 21.9 Å². The van der Waals surface area contributed by atoms with E-state index in [2.05, 4.69) is 33.0 Å². The molecule has 174 valence electrons. The number of benzene rings is 2. The zero-order valence-corrected chi connectivity index (χ0v) is 19.3. The number of hydrogen-bond donors (Lipinski definition) is 2. The van der Waals surface area contributed by atoms with Gasteiger partial charge in [-0.15, -0.1) is 0 Å². The molecule has 2 aliphatic rings. The summed E-state index contributed by atoms with van der Waals surface area (Å²) in [7, 11) is 0. The minimum Gasteiger partial charge on any atom is -0.447 e. The Hall–Kier alpha value is -3.19. The van der Waals surface area contributed by atoms with Crippen molar-refractivity contribution in [2.75, 3.05) is 42.3 Å². The number of carbonyl (C=O) groups excluding carboxylic acids is 1. The second-order valence-corrected chi connectivity index (χ2v) is 9.27. The van der Waals surface area contributed by atoms with Crippen LogP contribution in [0.25, 0.3) is 22.2 Å². The summed E-state index contributed by atoms with van der Waals surface area (Å²) in [6.45, 7) is 7.97. The maximum Gasteiger partial charge on any atom is 0.411 e. The number of nitrogens with two attached hydrogens (primary N) is 1. The Kier molecular flexibility index (Phi) is 5.89. The molecule has 0 radical (unpaired) electrons. The number of nitrogens with one attached hydrogen (secondary N) is 1. The fourth-order valence-electron chi connectivity index (χ4n) is 4.52. The normalized spacial score (nSPS) is 16.4. The second kappa shape index (κ2) is 8.98. The molecule has 0 bridgehead atoms. The molecule has 5 rings (SSSR count). The molecule has 7 nitrogen and oxygen atoms in total. The maximum absolute atomic E-state index is 11.9. The zero-order chi connectivity index (χ0) is 22.9. The molecule has 33 heavy (non-hydrogen) atoms. The van der Waals surface area contributed by atoms with Crippen molar-refractivity contribution in [3.8, 4) is 11.3 Å². The summed E-state index contributed by atoms with van der Waals surface area (Å²) in [4.78, 5) is 14.3. The maximum atomic E-state index is 11.9. The molecule has 1 saturated carbocycles. The molecule has 0 atom stereocenters. The molecule has 3 N–H and O–H groups in total. The molecule has 7 heteroatoms. The summed E-state index contributed by atoms with van der Waals surface area (Å²) in [6, 6.07) is 14.4. The summed E-state index contributed by atoms with van der Waals surface area (Å²) >= 11 is 0. The lowest BCUT2D eigenvalue weighted by molar-refractivity contribution is 0.122. The average molecular weight is 449 g/mol. The van der Waals surface area contributed by atoms with E-state index < -0.39 is 6.09 Å². The van der Waals surface area contributed by atoms with Crippen LogP contribution in [0.3, 0.4) is 0 Å². The van der Waals surface area contributed by atoms with Gasteiger partial charge in [0.25, 0.3) is 0 Å². The van der Waals surface area contributed by atoms with Crippen molar-refractivity contribution in [3.63, 3.8) is 0 Å². The van der Waals surface area contributed by atoms with Crippen LogP contribution in [0.5, 0.6) is 0 Å². The topological polar surface area (TPSA) is 81.8 Å². The molecule has 2 fully saturated rings. The van der Waals surface area contributed by atoms with Crippen LogP contribution >= 0.6 is 0 Å². The Labute approximate surface area is 194 Å². The minimum atomic E-state index is -0.448. The molecule has 1 saturated heterocycles. The van der Waals surface area contributed by atoms with Crippen molar-refractivity contribution in [1.82, 2.24) is 4.57 Å². The molecule has 1 aromatic heterocycles. The number of ether oxygens (including phenoxy) is 2. The van der Waals surface area contributed by atoms with Gasteiger partial charge in [0.2, 0.25) is 0 Å². The molecule has 1 aliphatic heterocycles. The van der Waals surface area contributed by atoms with Crippen molar-refractivity contribution in [1.29, 1.82) is 0 Å². The van der Waals surface area contributed by atoms with E-state index in [1.165, 1.54) is 24.0 Å². The van der Waals surface area contributed by atoms with Crippen LogP contribution in [0.15, 0.2) is 42.5 Å². The van der Waals surface area contributed by atoms with Gasteiger partial charge in [-0.25, -0.2) is 4.79 Å². The Bertz CT molecular complexity index is 1140. The summed E-state index contributed by atoms with van der Waals surface area (Å²) in [5.41, 5.74) is 12.7. The largest absolute Gasteiger partial charge is 0.447 e. The average Bonchev–Trinajstić information content (AvgIpc) is 3.59.